The number of carbonyl (C=O) groups is 3. The quantitative estimate of drug-likeness (QED) is 0.317. The fourth-order valence-corrected chi connectivity index (χ4v) is 7.00. The lowest BCUT2D eigenvalue weighted by molar-refractivity contribution is -0.155. The van der Waals surface area contributed by atoms with E-state index in [9.17, 15) is 19.5 Å². The molecule has 8 heteroatoms. The molecule has 4 rings (SSSR count). The Kier molecular flexibility index (Phi) is 7.92. The van der Waals surface area contributed by atoms with Gasteiger partial charge in [-0.15, -0.1) is 0 Å². The Balaban J connectivity index is 1.76. The predicted molar refractivity (Wildman–Crippen MR) is 139 cm³/mol. The number of allylic oxidation sites excluding steroid dienone is 1. The van der Waals surface area contributed by atoms with Gasteiger partial charge in [-0.25, -0.2) is 0 Å². The minimum absolute atomic E-state index is 0.00212. The van der Waals surface area contributed by atoms with Crippen LogP contribution in [0.1, 0.15) is 73.1 Å². The summed E-state index contributed by atoms with van der Waals surface area (Å²) < 4.78 is 12.2. The first-order chi connectivity index (χ1) is 17.4. The van der Waals surface area contributed by atoms with Gasteiger partial charge in [0.25, 0.3) is 0 Å². The highest BCUT2D eigenvalue weighted by atomic mass is 16.6. The van der Waals surface area contributed by atoms with E-state index in [1.165, 1.54) is 0 Å². The predicted octanol–water partition coefficient (Wildman–Crippen LogP) is 3.24. The number of hydrogen-bond donors (Lipinski definition) is 1. The molecule has 2 fully saturated rings. The number of nitrogens with zero attached hydrogens (tertiary/aromatic N) is 2. The van der Waals surface area contributed by atoms with Crippen LogP contribution >= 0.6 is 0 Å². The van der Waals surface area contributed by atoms with Gasteiger partial charge in [0, 0.05) is 25.2 Å². The average Bonchev–Trinajstić information content (AvgIpc) is 3.19. The molecule has 8 nitrogen and oxygen atoms in total. The maximum atomic E-state index is 14.5. The van der Waals surface area contributed by atoms with Crippen molar-refractivity contribution in [2.45, 2.75) is 96.4 Å². The Morgan fingerprint density at radius 2 is 1.81 bits per heavy atom. The fourth-order valence-electron chi connectivity index (χ4n) is 7.00. The molecule has 0 aliphatic carbocycles. The van der Waals surface area contributed by atoms with Crippen LogP contribution in [0.3, 0.4) is 0 Å². The van der Waals surface area contributed by atoms with Crippen molar-refractivity contribution >= 4 is 17.8 Å². The van der Waals surface area contributed by atoms with E-state index in [1.54, 1.807) is 4.90 Å². The lowest BCUT2D eigenvalue weighted by atomic mass is 9.77. The van der Waals surface area contributed by atoms with Gasteiger partial charge in [-0.1, -0.05) is 45.1 Å². The van der Waals surface area contributed by atoms with Crippen molar-refractivity contribution in [3.8, 4) is 0 Å². The van der Waals surface area contributed by atoms with Crippen molar-refractivity contribution in [1.82, 2.24) is 9.80 Å². The molecule has 1 N–H and O–H groups in total. The third-order valence-electron chi connectivity index (χ3n) is 8.10. The molecule has 0 aromatic heterocycles. The highest BCUT2D eigenvalue weighted by molar-refractivity contribution is 5.99. The number of likely N-dealkylation sites (tertiary alicyclic amines) is 1. The number of aliphatic hydroxyl groups is 1. The van der Waals surface area contributed by atoms with Crippen LogP contribution in [0.25, 0.3) is 0 Å². The van der Waals surface area contributed by atoms with Gasteiger partial charge in [0.2, 0.25) is 11.8 Å². The Bertz CT molecular complexity index is 951. The number of hydrogen-bond acceptors (Lipinski definition) is 6. The summed E-state index contributed by atoms with van der Waals surface area (Å²) in [6.45, 7) is 11.8. The van der Waals surface area contributed by atoms with Crippen molar-refractivity contribution in [2.75, 3.05) is 26.3 Å². The highest BCUT2D eigenvalue weighted by Crippen LogP contribution is 2.53. The maximum Gasteiger partial charge on any atom is 0.312 e. The highest BCUT2D eigenvalue weighted by Gasteiger charge is 2.72. The summed E-state index contributed by atoms with van der Waals surface area (Å²) in [5.41, 5.74) is -1.68. The normalized spacial score (nSPS) is 33.2. The number of amides is 2. The third-order valence-corrected chi connectivity index (χ3v) is 8.10. The van der Waals surface area contributed by atoms with Crippen molar-refractivity contribution < 1.29 is 29.0 Å². The number of aliphatic hydroxyl groups excluding tert-OH is 1. The number of carbonyl (C=O) groups excluding carboxylic acids is 3. The molecule has 0 saturated carbocycles. The smallest absolute Gasteiger partial charge is 0.312 e. The third kappa shape index (κ3) is 5.24. The minimum atomic E-state index is -1.23. The number of cyclic esters (lactones) is 1. The largest absolute Gasteiger partial charge is 0.465 e. The van der Waals surface area contributed by atoms with E-state index in [0.717, 1.165) is 25.7 Å². The summed E-state index contributed by atoms with van der Waals surface area (Å²) in [5, 5.41) is 9.23. The van der Waals surface area contributed by atoms with Crippen molar-refractivity contribution in [1.29, 1.82) is 0 Å². The van der Waals surface area contributed by atoms with Crippen LogP contribution in [0.15, 0.2) is 24.3 Å². The van der Waals surface area contributed by atoms with Crippen LogP contribution in [-0.2, 0) is 23.9 Å². The van der Waals surface area contributed by atoms with Gasteiger partial charge >= 0.3 is 5.97 Å². The first-order valence-electron chi connectivity index (χ1n) is 13.8. The van der Waals surface area contributed by atoms with Crippen LogP contribution < -0.4 is 0 Å². The first kappa shape index (κ1) is 27.8. The molecule has 37 heavy (non-hydrogen) atoms. The Labute approximate surface area is 221 Å². The molecule has 4 heterocycles. The molecular formula is C29H44N2O6. The first-order valence-corrected chi connectivity index (χ1v) is 13.8. The summed E-state index contributed by atoms with van der Waals surface area (Å²) in [5.74, 6) is -2.40. The number of ether oxygens (including phenoxy) is 2. The number of esters is 1. The van der Waals surface area contributed by atoms with Crippen molar-refractivity contribution in [2.24, 2.45) is 17.3 Å². The molecular weight excluding hydrogens is 472 g/mol. The lowest BCUT2D eigenvalue weighted by Gasteiger charge is -2.44. The molecule has 0 bridgehead atoms. The number of unbranched alkanes of at least 4 members (excludes halogenated alkanes) is 2. The molecule has 1 spiro atoms. The Morgan fingerprint density at radius 1 is 1.05 bits per heavy atom. The molecule has 4 aliphatic rings. The summed E-state index contributed by atoms with van der Waals surface area (Å²) in [4.78, 5) is 45.4. The molecule has 5 atom stereocenters. The zero-order valence-corrected chi connectivity index (χ0v) is 23.1. The van der Waals surface area contributed by atoms with E-state index >= 15 is 0 Å². The van der Waals surface area contributed by atoms with E-state index in [1.807, 2.05) is 29.2 Å². The molecule has 206 valence electrons. The topological polar surface area (TPSA) is 96.4 Å². The summed E-state index contributed by atoms with van der Waals surface area (Å²) in [6.07, 6.45) is 11.4. The maximum absolute atomic E-state index is 14.5. The molecule has 0 aromatic rings. The SMILES string of the molecule is CC(C)(C)CC(C)(C)N1CC=C[C@]23O[C@@H]4/C=C\CCCOC(=O)[C@@H]4[C@H]2C(=O)N(CCCCCO)C3C1=O. The molecule has 0 aromatic carbocycles. The zero-order chi connectivity index (χ0) is 27.0. The molecule has 1 unspecified atom stereocenters. The fraction of sp³-hybridized carbons (Fsp3) is 0.759. The van der Waals surface area contributed by atoms with Crippen LogP contribution in [0.4, 0.5) is 0 Å². The van der Waals surface area contributed by atoms with Crippen LogP contribution in [0.2, 0.25) is 0 Å². The van der Waals surface area contributed by atoms with Gasteiger partial charge in [-0.05, 0) is 57.8 Å². The lowest BCUT2D eigenvalue weighted by Crippen LogP contribution is -2.59. The van der Waals surface area contributed by atoms with Crippen molar-refractivity contribution in [3.63, 3.8) is 0 Å². The second kappa shape index (κ2) is 10.5. The summed E-state index contributed by atoms with van der Waals surface area (Å²) in [7, 11) is 0. The van der Waals surface area contributed by atoms with E-state index < -0.39 is 41.1 Å². The minimum Gasteiger partial charge on any atom is -0.465 e. The molecule has 0 radical (unpaired) electrons. The Morgan fingerprint density at radius 3 is 2.51 bits per heavy atom. The van der Waals surface area contributed by atoms with E-state index in [4.69, 9.17) is 9.47 Å². The molecule has 2 saturated heterocycles. The van der Waals surface area contributed by atoms with Gasteiger partial charge in [0.05, 0.1) is 18.6 Å². The van der Waals surface area contributed by atoms with E-state index in [-0.39, 0.29) is 23.8 Å². The van der Waals surface area contributed by atoms with Gasteiger partial charge in [0.1, 0.15) is 17.6 Å². The van der Waals surface area contributed by atoms with Crippen molar-refractivity contribution in [3.05, 3.63) is 24.3 Å². The summed E-state index contributed by atoms with van der Waals surface area (Å²) in [6, 6.07) is -0.853. The zero-order valence-electron chi connectivity index (χ0n) is 23.1. The van der Waals surface area contributed by atoms with Gasteiger partial charge in [-0.2, -0.15) is 0 Å². The number of fused-ring (bicyclic) bond motifs is 2. The Hall–Kier alpha value is -2.19. The summed E-state index contributed by atoms with van der Waals surface area (Å²) >= 11 is 0. The molecule has 2 amide bonds. The van der Waals surface area contributed by atoms with E-state index in [2.05, 4.69) is 34.6 Å². The van der Waals surface area contributed by atoms with Gasteiger partial charge < -0.3 is 24.4 Å². The van der Waals surface area contributed by atoms with Crippen LogP contribution in [0, 0.1) is 17.3 Å². The van der Waals surface area contributed by atoms with Crippen LogP contribution in [0.5, 0.6) is 0 Å². The van der Waals surface area contributed by atoms with Crippen LogP contribution in [-0.4, -0.2) is 82.3 Å². The second-order valence-corrected chi connectivity index (χ2v) is 12.8. The second-order valence-electron chi connectivity index (χ2n) is 12.8. The number of rotatable bonds is 7. The van der Waals surface area contributed by atoms with Gasteiger partial charge in [-0.3, -0.25) is 14.4 Å². The monoisotopic (exact) mass is 516 g/mol. The van der Waals surface area contributed by atoms with Gasteiger partial charge in [0.15, 0.2) is 0 Å². The molecule has 4 aliphatic heterocycles. The standard InChI is InChI=1S/C29H44N2O6/c1-27(2,3)19-28(4,5)31-16-12-14-29-22(21-20(37-29)13-8-6-11-18-36-26(21)35)24(33)30(23(29)25(31)34)15-9-7-10-17-32/h8,12-14,20-23,32H,6-7,9-11,15-19H2,1-5H3/b13-8-/t20-,21+,22+,23?,29+/m1/s1. The van der Waals surface area contributed by atoms with E-state index in [0.29, 0.717) is 32.5 Å². The average molecular weight is 517 g/mol.